The first kappa shape index (κ1) is 13.2. The molecule has 1 aromatic rings. The molecule has 0 N–H and O–H groups in total. The van der Waals surface area contributed by atoms with Gasteiger partial charge < -0.3 is 9.47 Å². The van der Waals surface area contributed by atoms with Crippen molar-refractivity contribution >= 4 is 17.5 Å². The number of ether oxygens (including phenoxy) is 2. The largest absolute Gasteiger partial charge is 0.458 e. The van der Waals surface area contributed by atoms with Gasteiger partial charge in [0.25, 0.3) is 5.69 Å². The Bertz CT molecular complexity index is 593. The average Bonchev–Trinajstić information content (AvgIpc) is 2.36. The Morgan fingerprint density at radius 2 is 2.16 bits per heavy atom. The normalized spacial score (nSPS) is 21.1. The molecule has 6 heteroatoms. The Morgan fingerprint density at radius 3 is 2.68 bits per heavy atom. The zero-order valence-corrected chi connectivity index (χ0v) is 10.8. The summed E-state index contributed by atoms with van der Waals surface area (Å²) >= 11 is 0. The van der Waals surface area contributed by atoms with Crippen molar-refractivity contribution in [1.82, 2.24) is 0 Å². The summed E-state index contributed by atoms with van der Waals surface area (Å²) in [4.78, 5) is 21.9. The molecule has 6 nitrogen and oxygen atoms in total. The number of nitro benzene ring substituents is 1. The number of ketones is 1. The topological polar surface area (TPSA) is 78.7 Å². The Labute approximate surface area is 109 Å². The van der Waals surface area contributed by atoms with Crippen LogP contribution in [0.4, 0.5) is 5.69 Å². The van der Waals surface area contributed by atoms with Crippen molar-refractivity contribution in [2.24, 2.45) is 0 Å². The van der Waals surface area contributed by atoms with Crippen LogP contribution >= 0.6 is 0 Å². The molecule has 2 rings (SSSR count). The maximum atomic E-state index is 11.6. The molecule has 1 aliphatic heterocycles. The highest BCUT2D eigenvalue weighted by atomic mass is 16.7. The molecule has 0 aromatic heterocycles. The number of methoxy groups -OCH3 is 1. The highest BCUT2D eigenvalue weighted by Gasteiger charge is 2.38. The lowest BCUT2D eigenvalue weighted by molar-refractivity contribution is -0.384. The molecule has 0 radical (unpaired) electrons. The monoisotopic (exact) mass is 263 g/mol. The molecule has 1 atom stereocenters. The fraction of sp³-hybridized carbons (Fsp3) is 0.308. The van der Waals surface area contributed by atoms with E-state index in [1.54, 1.807) is 13.0 Å². The lowest BCUT2D eigenvalue weighted by Gasteiger charge is -2.34. The van der Waals surface area contributed by atoms with Gasteiger partial charge in [0.15, 0.2) is 5.78 Å². The van der Waals surface area contributed by atoms with Crippen molar-refractivity contribution in [3.05, 3.63) is 39.4 Å². The zero-order chi connectivity index (χ0) is 14.2. The Balaban J connectivity index is 2.58. The maximum absolute atomic E-state index is 11.6. The number of carbonyl (C=O) groups excluding carboxylic acids is 1. The third-order valence-electron chi connectivity index (χ3n) is 3.07. The summed E-state index contributed by atoms with van der Waals surface area (Å²) in [7, 11) is 1.44. The van der Waals surface area contributed by atoms with Crippen LogP contribution in [-0.4, -0.2) is 23.6 Å². The number of benzene rings is 1. The molecule has 1 aromatic carbocycles. The third-order valence-corrected chi connectivity index (χ3v) is 3.07. The van der Waals surface area contributed by atoms with E-state index in [0.717, 1.165) is 0 Å². The second kappa shape index (κ2) is 4.47. The van der Waals surface area contributed by atoms with Crippen LogP contribution < -0.4 is 4.74 Å². The number of rotatable bonds is 3. The molecule has 0 bridgehead atoms. The summed E-state index contributed by atoms with van der Waals surface area (Å²) in [5, 5.41) is 10.7. The summed E-state index contributed by atoms with van der Waals surface area (Å²) < 4.78 is 10.9. The van der Waals surface area contributed by atoms with Crippen molar-refractivity contribution in [2.75, 3.05) is 7.11 Å². The predicted molar refractivity (Wildman–Crippen MR) is 67.8 cm³/mol. The lowest BCUT2D eigenvalue weighted by atomic mass is 9.96. The molecule has 0 saturated heterocycles. The third kappa shape index (κ3) is 2.22. The van der Waals surface area contributed by atoms with Crippen LogP contribution in [0.1, 0.15) is 19.4 Å². The smallest absolute Gasteiger partial charge is 0.270 e. The molecular formula is C13H13NO5. The van der Waals surface area contributed by atoms with Crippen molar-refractivity contribution in [3.8, 4) is 5.75 Å². The molecule has 1 unspecified atom stereocenters. The van der Waals surface area contributed by atoms with Gasteiger partial charge in [0.1, 0.15) is 5.75 Å². The highest BCUT2D eigenvalue weighted by molar-refractivity contribution is 6.00. The van der Waals surface area contributed by atoms with E-state index in [1.807, 2.05) is 0 Å². The summed E-state index contributed by atoms with van der Waals surface area (Å²) in [5.74, 6) is -0.934. The summed E-state index contributed by atoms with van der Waals surface area (Å²) in [6.45, 7) is 3.03. The molecule has 0 aliphatic carbocycles. The molecule has 0 fully saturated rings. The molecule has 0 spiro atoms. The lowest BCUT2D eigenvalue weighted by Crippen LogP contribution is -2.41. The number of Topliss-reactive ketones (excluding diaryl/α,β-unsaturated/α-hetero) is 1. The fourth-order valence-corrected chi connectivity index (χ4v) is 1.98. The van der Waals surface area contributed by atoms with Gasteiger partial charge in [-0.3, -0.25) is 14.9 Å². The van der Waals surface area contributed by atoms with Crippen LogP contribution in [-0.2, 0) is 9.53 Å². The number of fused-ring (bicyclic) bond motifs is 1. The zero-order valence-electron chi connectivity index (χ0n) is 10.8. The van der Waals surface area contributed by atoms with Gasteiger partial charge in [-0.05, 0) is 19.1 Å². The van der Waals surface area contributed by atoms with E-state index >= 15 is 0 Å². The highest BCUT2D eigenvalue weighted by Crippen LogP contribution is 2.38. The molecule has 0 amide bonds. The molecule has 1 aliphatic rings. The molecule has 1 heterocycles. The number of nitrogens with zero attached hydrogens (tertiary/aromatic N) is 1. The van der Waals surface area contributed by atoms with Gasteiger partial charge in [0.2, 0.25) is 5.79 Å². The average molecular weight is 263 g/mol. The van der Waals surface area contributed by atoms with Gasteiger partial charge >= 0.3 is 0 Å². The van der Waals surface area contributed by atoms with Crippen LogP contribution in [0.2, 0.25) is 0 Å². The van der Waals surface area contributed by atoms with E-state index in [-0.39, 0.29) is 11.5 Å². The fourth-order valence-electron chi connectivity index (χ4n) is 1.98. The van der Waals surface area contributed by atoms with E-state index in [0.29, 0.717) is 16.9 Å². The Morgan fingerprint density at radius 1 is 1.47 bits per heavy atom. The number of carbonyl (C=O) groups is 1. The van der Waals surface area contributed by atoms with Crippen LogP contribution in [0.15, 0.2) is 23.8 Å². The summed E-state index contributed by atoms with van der Waals surface area (Å²) in [6, 6.07) is 4.22. The Hall–Kier alpha value is -2.21. The van der Waals surface area contributed by atoms with E-state index in [2.05, 4.69) is 0 Å². The molecule has 0 saturated carbocycles. The minimum atomic E-state index is -1.17. The quantitative estimate of drug-likeness (QED) is 0.617. The Kier molecular flexibility index (Phi) is 3.11. The van der Waals surface area contributed by atoms with E-state index in [9.17, 15) is 14.9 Å². The van der Waals surface area contributed by atoms with E-state index in [1.165, 1.54) is 32.2 Å². The van der Waals surface area contributed by atoms with Gasteiger partial charge in [0, 0.05) is 31.7 Å². The number of non-ortho nitro benzene ring substituents is 1. The van der Waals surface area contributed by atoms with Crippen molar-refractivity contribution in [3.63, 3.8) is 0 Å². The second-order valence-electron chi connectivity index (χ2n) is 4.35. The molecular weight excluding hydrogens is 250 g/mol. The van der Waals surface area contributed by atoms with Crippen LogP contribution in [0.5, 0.6) is 5.75 Å². The van der Waals surface area contributed by atoms with Gasteiger partial charge in [-0.2, -0.15) is 0 Å². The minimum Gasteiger partial charge on any atom is -0.458 e. The number of hydrogen-bond acceptors (Lipinski definition) is 5. The van der Waals surface area contributed by atoms with E-state index < -0.39 is 10.7 Å². The first-order valence-corrected chi connectivity index (χ1v) is 5.63. The first-order chi connectivity index (χ1) is 8.87. The maximum Gasteiger partial charge on any atom is 0.270 e. The van der Waals surface area contributed by atoms with Crippen molar-refractivity contribution in [2.45, 2.75) is 19.6 Å². The SMILES string of the molecule is COC1(C)Oc2ccc([N+](=O)[O-])cc2C=C1C(C)=O. The van der Waals surface area contributed by atoms with Crippen LogP contribution in [0.3, 0.4) is 0 Å². The standard InChI is InChI=1S/C13H13NO5/c1-8(15)11-7-9-6-10(14(16)17)4-5-12(9)19-13(11,2)18-3/h4-7H,1-3H3. The second-order valence-corrected chi connectivity index (χ2v) is 4.35. The molecule has 100 valence electrons. The van der Waals surface area contributed by atoms with Crippen LogP contribution in [0, 0.1) is 10.1 Å². The van der Waals surface area contributed by atoms with E-state index in [4.69, 9.17) is 9.47 Å². The van der Waals surface area contributed by atoms with Gasteiger partial charge in [-0.15, -0.1) is 0 Å². The number of hydrogen-bond donors (Lipinski definition) is 0. The van der Waals surface area contributed by atoms with Crippen molar-refractivity contribution < 1.29 is 19.2 Å². The van der Waals surface area contributed by atoms with Gasteiger partial charge in [0.05, 0.1) is 10.5 Å². The number of nitro groups is 1. The predicted octanol–water partition coefficient (Wildman–Crippen LogP) is 2.32. The summed E-state index contributed by atoms with van der Waals surface area (Å²) in [5.41, 5.74) is 0.763. The van der Waals surface area contributed by atoms with Gasteiger partial charge in [-0.25, -0.2) is 0 Å². The van der Waals surface area contributed by atoms with Crippen LogP contribution in [0.25, 0.3) is 6.08 Å². The first-order valence-electron chi connectivity index (χ1n) is 5.63. The van der Waals surface area contributed by atoms with Crippen molar-refractivity contribution in [1.29, 1.82) is 0 Å². The summed E-state index contributed by atoms with van der Waals surface area (Å²) in [6.07, 6.45) is 1.57. The minimum absolute atomic E-state index is 0.0532. The molecule has 19 heavy (non-hydrogen) atoms. The van der Waals surface area contributed by atoms with Gasteiger partial charge in [-0.1, -0.05) is 0 Å².